The Morgan fingerprint density at radius 1 is 1.24 bits per heavy atom. The van der Waals surface area contributed by atoms with Crippen molar-refractivity contribution in [3.8, 4) is 0 Å². The molecule has 0 bridgehead atoms. The minimum absolute atomic E-state index is 0.184. The van der Waals surface area contributed by atoms with E-state index in [0.717, 1.165) is 31.0 Å². The molecule has 4 heterocycles. The predicted octanol–water partition coefficient (Wildman–Crippen LogP) is 2.36. The number of nitrogens with one attached hydrogen (secondary N) is 1. The van der Waals surface area contributed by atoms with Crippen LogP contribution in [0.3, 0.4) is 0 Å². The van der Waals surface area contributed by atoms with Crippen LogP contribution in [0.25, 0.3) is 16.6 Å². The third-order valence-electron chi connectivity index (χ3n) is 5.82. The third kappa shape index (κ3) is 3.81. The van der Waals surface area contributed by atoms with Crippen LogP contribution >= 0.6 is 0 Å². The van der Waals surface area contributed by atoms with E-state index in [2.05, 4.69) is 15.3 Å². The highest BCUT2D eigenvalue weighted by atomic mass is 16.3. The number of hydrogen-bond acceptors (Lipinski definition) is 5. The lowest BCUT2D eigenvalue weighted by Crippen LogP contribution is -2.41. The molecule has 29 heavy (non-hydrogen) atoms. The third-order valence-corrected chi connectivity index (χ3v) is 5.82. The van der Waals surface area contributed by atoms with Gasteiger partial charge in [-0.1, -0.05) is 19.8 Å². The maximum absolute atomic E-state index is 13.0. The summed E-state index contributed by atoms with van der Waals surface area (Å²) in [5, 5.41) is 7.48. The number of likely N-dealkylation sites (tertiary alicyclic amines) is 1. The van der Waals surface area contributed by atoms with Gasteiger partial charge in [-0.3, -0.25) is 14.0 Å². The van der Waals surface area contributed by atoms with E-state index < -0.39 is 6.04 Å². The Morgan fingerprint density at radius 2 is 2.00 bits per heavy atom. The number of carbonyl (C=O) groups excluding carboxylic acids is 1. The molecule has 4 rings (SSSR count). The number of carbonyl (C=O) groups is 1. The van der Waals surface area contributed by atoms with Crippen molar-refractivity contribution < 1.29 is 9.21 Å². The minimum Gasteiger partial charge on any atom is -0.463 e. The average Bonchev–Trinajstić information content (AvgIpc) is 3.22. The van der Waals surface area contributed by atoms with E-state index >= 15 is 0 Å². The van der Waals surface area contributed by atoms with Crippen LogP contribution in [-0.2, 0) is 11.2 Å². The largest absolute Gasteiger partial charge is 0.463 e. The Morgan fingerprint density at radius 3 is 2.72 bits per heavy atom. The van der Waals surface area contributed by atoms with Crippen LogP contribution in [0, 0.1) is 0 Å². The summed E-state index contributed by atoms with van der Waals surface area (Å²) in [7, 11) is 0. The topological polar surface area (TPSA) is 84.8 Å². The summed E-state index contributed by atoms with van der Waals surface area (Å²) in [4.78, 5) is 28.1. The van der Waals surface area contributed by atoms with Crippen LogP contribution in [0.2, 0.25) is 0 Å². The summed E-state index contributed by atoms with van der Waals surface area (Å²) in [6, 6.07) is 2.87. The van der Waals surface area contributed by atoms with Gasteiger partial charge in [-0.25, -0.2) is 4.68 Å². The van der Waals surface area contributed by atoms with Crippen LogP contribution in [0.5, 0.6) is 0 Å². The quantitative estimate of drug-likeness (QED) is 0.688. The molecule has 1 aliphatic rings. The van der Waals surface area contributed by atoms with E-state index in [9.17, 15) is 9.59 Å². The zero-order chi connectivity index (χ0) is 20.4. The molecule has 1 aliphatic heterocycles. The molecule has 8 heteroatoms. The van der Waals surface area contributed by atoms with Gasteiger partial charge in [0.1, 0.15) is 17.4 Å². The Kier molecular flexibility index (Phi) is 5.71. The first-order valence-electron chi connectivity index (χ1n) is 10.6. The number of aryl methyl sites for hydroxylation is 1. The summed E-state index contributed by atoms with van der Waals surface area (Å²) in [5.74, 6) is 0.538. The van der Waals surface area contributed by atoms with Gasteiger partial charge in [0.2, 0.25) is 5.91 Å². The van der Waals surface area contributed by atoms with Crippen molar-refractivity contribution >= 4 is 22.5 Å². The summed E-state index contributed by atoms with van der Waals surface area (Å²) >= 11 is 0. The molecule has 3 aromatic heterocycles. The van der Waals surface area contributed by atoms with E-state index in [1.54, 1.807) is 19.3 Å². The lowest BCUT2D eigenvalue weighted by Gasteiger charge is -2.21. The maximum atomic E-state index is 13.0. The molecule has 1 amide bonds. The Hall–Kier alpha value is -2.61. The van der Waals surface area contributed by atoms with Crippen molar-refractivity contribution in [1.82, 2.24) is 24.4 Å². The first kappa shape index (κ1) is 19.7. The fourth-order valence-corrected chi connectivity index (χ4v) is 4.14. The van der Waals surface area contributed by atoms with Crippen LogP contribution in [-0.4, -0.2) is 51.2 Å². The highest BCUT2D eigenvalue weighted by molar-refractivity contribution is 5.83. The second-order valence-corrected chi connectivity index (χ2v) is 7.78. The smallest absolute Gasteiger partial charge is 0.291 e. The summed E-state index contributed by atoms with van der Waals surface area (Å²) in [6.45, 7) is 7.32. The Labute approximate surface area is 169 Å². The molecule has 8 nitrogen and oxygen atoms in total. The van der Waals surface area contributed by atoms with Crippen LogP contribution in [0.15, 0.2) is 27.6 Å². The van der Waals surface area contributed by atoms with Gasteiger partial charge in [0.15, 0.2) is 5.58 Å². The van der Waals surface area contributed by atoms with Crippen molar-refractivity contribution in [2.75, 3.05) is 26.2 Å². The standard InChI is InChI=1S/C21H29N5O3/c1-3-19-23-26(21(28)17-14-18-16(25(17)19)8-13-29-18)15(2)20(27)22-9-12-24-10-6-4-5-7-11-24/h8,13-15H,3-7,9-12H2,1-2H3,(H,22,27)/t15-/m1/s1. The van der Waals surface area contributed by atoms with Gasteiger partial charge >= 0.3 is 0 Å². The van der Waals surface area contributed by atoms with Gasteiger partial charge in [-0.15, -0.1) is 0 Å². The summed E-state index contributed by atoms with van der Waals surface area (Å²) < 4.78 is 8.57. The van der Waals surface area contributed by atoms with E-state index in [4.69, 9.17) is 4.42 Å². The van der Waals surface area contributed by atoms with Crippen molar-refractivity contribution in [3.63, 3.8) is 0 Å². The van der Waals surface area contributed by atoms with E-state index in [0.29, 0.717) is 24.1 Å². The Bertz CT molecular complexity index is 1060. The Balaban J connectivity index is 1.51. The fourth-order valence-electron chi connectivity index (χ4n) is 4.14. The van der Waals surface area contributed by atoms with Gasteiger partial charge < -0.3 is 14.6 Å². The van der Waals surface area contributed by atoms with Gasteiger partial charge in [0, 0.05) is 31.6 Å². The number of amides is 1. The predicted molar refractivity (Wildman–Crippen MR) is 111 cm³/mol. The number of rotatable bonds is 6. The van der Waals surface area contributed by atoms with Gasteiger partial charge in [-0.2, -0.15) is 5.10 Å². The molecule has 156 valence electrons. The molecule has 1 fully saturated rings. The van der Waals surface area contributed by atoms with Crippen LogP contribution < -0.4 is 10.9 Å². The van der Waals surface area contributed by atoms with Crippen molar-refractivity contribution in [1.29, 1.82) is 0 Å². The highest BCUT2D eigenvalue weighted by Gasteiger charge is 2.22. The van der Waals surface area contributed by atoms with E-state index in [-0.39, 0.29) is 11.5 Å². The lowest BCUT2D eigenvalue weighted by atomic mass is 10.2. The summed E-state index contributed by atoms with van der Waals surface area (Å²) in [6.07, 6.45) is 7.27. The lowest BCUT2D eigenvalue weighted by molar-refractivity contribution is -0.124. The monoisotopic (exact) mass is 399 g/mol. The van der Waals surface area contributed by atoms with Crippen molar-refractivity contribution in [3.05, 3.63) is 34.6 Å². The molecule has 0 unspecified atom stereocenters. The van der Waals surface area contributed by atoms with Crippen molar-refractivity contribution in [2.45, 2.75) is 52.0 Å². The fraction of sp³-hybridized carbons (Fsp3) is 0.571. The number of hydrogen-bond donors (Lipinski definition) is 1. The van der Waals surface area contributed by atoms with Gasteiger partial charge in [0.05, 0.1) is 11.8 Å². The molecule has 0 aromatic carbocycles. The average molecular weight is 399 g/mol. The molecule has 0 spiro atoms. The van der Waals surface area contributed by atoms with Gasteiger partial charge in [0.25, 0.3) is 5.56 Å². The second-order valence-electron chi connectivity index (χ2n) is 7.78. The number of nitrogens with zero attached hydrogens (tertiary/aromatic N) is 4. The second kappa shape index (κ2) is 8.41. The molecule has 1 saturated heterocycles. The number of furan rings is 1. The maximum Gasteiger partial charge on any atom is 0.291 e. The van der Waals surface area contributed by atoms with E-state index in [1.807, 2.05) is 17.4 Å². The molecule has 3 aromatic rings. The van der Waals surface area contributed by atoms with E-state index in [1.165, 1.54) is 30.4 Å². The first-order valence-corrected chi connectivity index (χ1v) is 10.6. The molecular weight excluding hydrogens is 370 g/mol. The zero-order valence-electron chi connectivity index (χ0n) is 17.2. The number of fused-ring (bicyclic) bond motifs is 3. The van der Waals surface area contributed by atoms with Crippen LogP contribution in [0.4, 0.5) is 0 Å². The molecule has 1 N–H and O–H groups in total. The SMILES string of the molecule is CCc1nn([C@H](C)C(=O)NCCN2CCCCCC2)c(=O)c2cc3occc3n12. The number of aromatic nitrogens is 3. The van der Waals surface area contributed by atoms with Crippen LogP contribution in [0.1, 0.15) is 51.4 Å². The molecular formula is C21H29N5O3. The molecule has 0 aliphatic carbocycles. The van der Waals surface area contributed by atoms with Crippen molar-refractivity contribution in [2.24, 2.45) is 0 Å². The molecule has 1 atom stereocenters. The molecule has 0 saturated carbocycles. The normalized spacial score (nSPS) is 16.9. The summed E-state index contributed by atoms with van der Waals surface area (Å²) in [5.41, 5.74) is 1.66. The highest BCUT2D eigenvalue weighted by Crippen LogP contribution is 2.21. The zero-order valence-corrected chi connectivity index (χ0v) is 17.2. The first-order chi connectivity index (χ1) is 14.1. The molecule has 0 radical (unpaired) electrons. The van der Waals surface area contributed by atoms with Gasteiger partial charge in [-0.05, 0) is 32.9 Å². The minimum atomic E-state index is -0.678.